The van der Waals surface area contributed by atoms with Crippen LogP contribution in [0.3, 0.4) is 0 Å². The number of fused-ring (bicyclic) bond motifs is 1. The Morgan fingerprint density at radius 2 is 2.13 bits per heavy atom. The molecular weight excluding hydrogens is 428 g/mol. The van der Waals surface area contributed by atoms with Gasteiger partial charge in [0.05, 0.1) is 28.0 Å². The number of hydrogen-bond donors (Lipinski definition) is 3. The first-order chi connectivity index (χ1) is 11.0. The summed E-state index contributed by atoms with van der Waals surface area (Å²) in [6.45, 7) is 0. The number of amides is 1. The number of aromatic amines is 1. The number of phenolic OH excluding ortho intramolecular Hbond substituents is 1. The maximum atomic E-state index is 12.1. The molecule has 1 aromatic heterocycles. The van der Waals surface area contributed by atoms with Gasteiger partial charge >= 0.3 is 0 Å². The molecule has 23 heavy (non-hydrogen) atoms. The molecule has 6 nitrogen and oxygen atoms in total. The Kier molecular flexibility index (Phi) is 4.44. The van der Waals surface area contributed by atoms with Crippen LogP contribution in [-0.2, 0) is 0 Å². The van der Waals surface area contributed by atoms with E-state index in [-0.39, 0.29) is 11.7 Å². The molecule has 3 rings (SSSR count). The zero-order valence-electron chi connectivity index (χ0n) is 11.5. The van der Waals surface area contributed by atoms with Crippen molar-refractivity contribution in [2.24, 2.45) is 5.10 Å². The lowest BCUT2D eigenvalue weighted by atomic mass is 10.2. The molecule has 1 heterocycles. The first kappa shape index (κ1) is 15.7. The number of imidazole rings is 1. The number of hydrazone groups is 1. The second-order valence-corrected chi connectivity index (χ2v) is 6.43. The fourth-order valence-electron chi connectivity index (χ4n) is 1.99. The van der Waals surface area contributed by atoms with Crippen molar-refractivity contribution in [3.05, 3.63) is 56.7 Å². The largest absolute Gasteiger partial charge is 0.506 e. The van der Waals surface area contributed by atoms with Crippen LogP contribution in [0.25, 0.3) is 11.0 Å². The van der Waals surface area contributed by atoms with Crippen LogP contribution in [0, 0.1) is 0 Å². The van der Waals surface area contributed by atoms with Crippen molar-refractivity contribution in [1.82, 2.24) is 15.4 Å². The maximum Gasteiger partial charge on any atom is 0.271 e. The van der Waals surface area contributed by atoms with E-state index < -0.39 is 0 Å². The molecule has 3 aromatic rings. The topological polar surface area (TPSA) is 90.4 Å². The van der Waals surface area contributed by atoms with E-state index >= 15 is 0 Å². The first-order valence-corrected chi connectivity index (χ1v) is 8.08. The van der Waals surface area contributed by atoms with Crippen molar-refractivity contribution < 1.29 is 9.90 Å². The highest BCUT2D eigenvalue weighted by atomic mass is 79.9. The number of nitrogens with zero attached hydrogens (tertiary/aromatic N) is 2. The predicted molar refractivity (Wildman–Crippen MR) is 94.7 cm³/mol. The minimum Gasteiger partial charge on any atom is -0.506 e. The summed E-state index contributed by atoms with van der Waals surface area (Å²) in [5, 5.41) is 13.8. The molecule has 8 heteroatoms. The highest BCUT2D eigenvalue weighted by Crippen LogP contribution is 2.30. The predicted octanol–water partition coefficient (Wildman–Crippen LogP) is 3.56. The number of carbonyl (C=O) groups is 1. The van der Waals surface area contributed by atoms with Crippen molar-refractivity contribution in [2.75, 3.05) is 0 Å². The molecule has 1 amide bonds. The number of halogens is 2. The van der Waals surface area contributed by atoms with E-state index in [0.717, 1.165) is 15.5 Å². The van der Waals surface area contributed by atoms with Crippen molar-refractivity contribution in [1.29, 1.82) is 0 Å². The number of aromatic nitrogens is 2. The molecule has 0 atom stereocenters. The lowest BCUT2D eigenvalue weighted by molar-refractivity contribution is 0.0955. The van der Waals surface area contributed by atoms with Gasteiger partial charge in [0.15, 0.2) is 0 Å². The third-order valence-corrected chi connectivity index (χ3v) is 4.17. The van der Waals surface area contributed by atoms with Gasteiger partial charge in [-0.05, 0) is 46.3 Å². The number of nitrogens with one attached hydrogen (secondary N) is 2. The number of phenols is 1. The van der Waals surface area contributed by atoms with Crippen LogP contribution in [-0.4, -0.2) is 27.2 Å². The fourth-order valence-corrected chi connectivity index (χ4v) is 3.24. The molecule has 0 unspecified atom stereocenters. The molecule has 116 valence electrons. The second kappa shape index (κ2) is 6.51. The van der Waals surface area contributed by atoms with Crippen LogP contribution in [0.2, 0.25) is 0 Å². The van der Waals surface area contributed by atoms with E-state index in [0.29, 0.717) is 15.6 Å². The van der Waals surface area contributed by atoms with E-state index in [1.54, 1.807) is 36.7 Å². The van der Waals surface area contributed by atoms with Gasteiger partial charge in [-0.2, -0.15) is 5.10 Å². The fraction of sp³-hybridized carbons (Fsp3) is 0. The number of rotatable bonds is 3. The summed E-state index contributed by atoms with van der Waals surface area (Å²) < 4.78 is 1.31. The summed E-state index contributed by atoms with van der Waals surface area (Å²) in [4.78, 5) is 19.1. The minimum absolute atomic E-state index is 0.0464. The zero-order valence-corrected chi connectivity index (χ0v) is 14.7. The Hall–Kier alpha value is -2.19. The summed E-state index contributed by atoms with van der Waals surface area (Å²) in [6, 6.07) is 8.51. The van der Waals surface area contributed by atoms with E-state index in [2.05, 4.69) is 52.4 Å². The summed E-state index contributed by atoms with van der Waals surface area (Å²) in [5.74, 6) is -0.309. The van der Waals surface area contributed by atoms with E-state index in [9.17, 15) is 9.90 Å². The standard InChI is InChI=1S/C15H10Br2N4O2/c16-10-3-9(14(22)11(17)5-10)6-20-21-15(23)8-1-2-12-13(4-8)19-7-18-12/h1-7,22H,(H,18,19)(H,21,23). The van der Waals surface area contributed by atoms with E-state index in [4.69, 9.17) is 0 Å². The minimum atomic E-state index is -0.355. The number of carbonyl (C=O) groups excluding carboxylic acids is 1. The van der Waals surface area contributed by atoms with Gasteiger partial charge < -0.3 is 10.1 Å². The number of hydrogen-bond acceptors (Lipinski definition) is 4. The van der Waals surface area contributed by atoms with Crippen molar-refractivity contribution >= 4 is 55.0 Å². The van der Waals surface area contributed by atoms with Crippen LogP contribution < -0.4 is 5.43 Å². The van der Waals surface area contributed by atoms with Gasteiger partial charge in [-0.1, -0.05) is 15.9 Å². The van der Waals surface area contributed by atoms with Crippen molar-refractivity contribution in [3.63, 3.8) is 0 Å². The average molecular weight is 438 g/mol. The van der Waals surface area contributed by atoms with Gasteiger partial charge in [0.2, 0.25) is 0 Å². The normalized spacial score (nSPS) is 11.2. The van der Waals surface area contributed by atoms with Gasteiger partial charge in [0.1, 0.15) is 5.75 Å². The molecule has 0 saturated carbocycles. The molecule has 2 aromatic carbocycles. The second-order valence-electron chi connectivity index (χ2n) is 4.66. The molecule has 0 spiro atoms. The summed E-state index contributed by atoms with van der Waals surface area (Å²) in [6.07, 6.45) is 2.94. The van der Waals surface area contributed by atoms with Crippen molar-refractivity contribution in [3.8, 4) is 5.75 Å². The van der Waals surface area contributed by atoms with Gasteiger partial charge in [0.25, 0.3) is 5.91 Å². The summed E-state index contributed by atoms with van der Waals surface area (Å²) >= 11 is 6.56. The highest BCUT2D eigenvalue weighted by molar-refractivity contribution is 9.11. The lowest BCUT2D eigenvalue weighted by Crippen LogP contribution is -2.17. The molecule has 0 aliphatic carbocycles. The number of aromatic hydroxyl groups is 1. The lowest BCUT2D eigenvalue weighted by Gasteiger charge is -2.03. The Bertz CT molecular complexity index is 921. The highest BCUT2D eigenvalue weighted by Gasteiger charge is 2.08. The first-order valence-electron chi connectivity index (χ1n) is 6.49. The molecule has 0 saturated heterocycles. The van der Waals surface area contributed by atoms with Crippen LogP contribution in [0.1, 0.15) is 15.9 Å². The van der Waals surface area contributed by atoms with E-state index in [1.807, 2.05) is 0 Å². The molecule has 0 aliphatic heterocycles. The van der Waals surface area contributed by atoms with Gasteiger partial charge in [-0.25, -0.2) is 10.4 Å². The van der Waals surface area contributed by atoms with Crippen LogP contribution in [0.15, 0.2) is 50.7 Å². The third-order valence-electron chi connectivity index (χ3n) is 3.11. The Morgan fingerprint density at radius 3 is 2.96 bits per heavy atom. The number of benzene rings is 2. The maximum absolute atomic E-state index is 12.1. The van der Waals surface area contributed by atoms with E-state index in [1.165, 1.54) is 6.21 Å². The van der Waals surface area contributed by atoms with Crippen LogP contribution in [0.4, 0.5) is 0 Å². The molecule has 3 N–H and O–H groups in total. The monoisotopic (exact) mass is 436 g/mol. The number of H-pyrrole nitrogens is 1. The molecule has 0 aliphatic rings. The molecule has 0 bridgehead atoms. The molecule has 0 radical (unpaired) electrons. The Balaban J connectivity index is 1.76. The SMILES string of the molecule is O=C(NN=Cc1cc(Br)cc(Br)c1O)c1ccc2nc[nH]c2c1. The smallest absolute Gasteiger partial charge is 0.271 e. The summed E-state index contributed by atoms with van der Waals surface area (Å²) in [5.41, 5.74) is 4.91. The Labute approximate surface area is 147 Å². The van der Waals surface area contributed by atoms with Crippen molar-refractivity contribution in [2.45, 2.75) is 0 Å². The molecular formula is C15H10Br2N4O2. The molecule has 0 fully saturated rings. The Morgan fingerprint density at radius 1 is 1.30 bits per heavy atom. The van der Waals surface area contributed by atoms with Crippen LogP contribution >= 0.6 is 31.9 Å². The average Bonchev–Trinajstić information content (AvgIpc) is 2.99. The van der Waals surface area contributed by atoms with Gasteiger partial charge in [-0.15, -0.1) is 0 Å². The van der Waals surface area contributed by atoms with Gasteiger partial charge in [0, 0.05) is 15.6 Å². The third kappa shape index (κ3) is 3.43. The quantitative estimate of drug-likeness (QED) is 0.432. The van der Waals surface area contributed by atoms with Crippen LogP contribution in [0.5, 0.6) is 5.75 Å². The summed E-state index contributed by atoms with van der Waals surface area (Å²) in [7, 11) is 0. The zero-order chi connectivity index (χ0) is 16.4. The van der Waals surface area contributed by atoms with Gasteiger partial charge in [-0.3, -0.25) is 4.79 Å².